The summed E-state index contributed by atoms with van der Waals surface area (Å²) < 4.78 is 0. The fourth-order valence-corrected chi connectivity index (χ4v) is 0. The minimum absolute atomic E-state index is 0. The van der Waals surface area contributed by atoms with Crippen molar-refractivity contribution in [1.82, 2.24) is 0 Å². The molecule has 0 fully saturated rings. The molecule has 8 heavy (non-hydrogen) atoms. The van der Waals surface area contributed by atoms with Crippen LogP contribution in [0.2, 0.25) is 0 Å². The summed E-state index contributed by atoms with van der Waals surface area (Å²) in [7, 11) is 0. The summed E-state index contributed by atoms with van der Waals surface area (Å²) in [5.41, 5.74) is 0. The third-order valence-corrected chi connectivity index (χ3v) is 0.354. The first-order valence-corrected chi connectivity index (χ1v) is 1.71. The van der Waals surface area contributed by atoms with Crippen molar-refractivity contribution < 1.29 is 42.6 Å². The third kappa shape index (κ3) is 72.3. The van der Waals surface area contributed by atoms with Crippen molar-refractivity contribution in [3.05, 3.63) is 6.92 Å². The Kier molecular flexibility index (Phi) is 217. The summed E-state index contributed by atoms with van der Waals surface area (Å²) in [4.78, 5) is 0. The Hall–Kier alpha value is 0.763. The van der Waals surface area contributed by atoms with E-state index in [-0.39, 0.29) is 42.6 Å². The van der Waals surface area contributed by atoms with Crippen molar-refractivity contribution in [2.45, 2.75) is 19.8 Å². The first-order valence-electron chi connectivity index (χ1n) is 1.71. The molecule has 0 radical (unpaired) electrons. The van der Waals surface area contributed by atoms with Crippen molar-refractivity contribution in [2.24, 2.45) is 0 Å². The van der Waals surface area contributed by atoms with Gasteiger partial charge in [0, 0.05) is 26.2 Å². The largest absolute Gasteiger partial charge is 0.412 e. The molecule has 0 heterocycles. The van der Waals surface area contributed by atoms with Crippen LogP contribution >= 0.6 is 0 Å². The topological polar surface area (TPSA) is 94.5 Å². The van der Waals surface area contributed by atoms with E-state index < -0.39 is 0 Å². The van der Waals surface area contributed by atoms with Gasteiger partial charge in [-0.3, -0.25) is 0 Å². The Labute approximate surface area is 69.5 Å². The van der Waals surface area contributed by atoms with Gasteiger partial charge in [0.25, 0.3) is 0 Å². The fourth-order valence-electron chi connectivity index (χ4n) is 0. The molecule has 0 aliphatic heterocycles. The van der Waals surface area contributed by atoms with E-state index in [1.807, 2.05) is 0 Å². The van der Waals surface area contributed by atoms with Gasteiger partial charge in [-0.15, -0.1) is 0 Å². The maximum Gasteiger partial charge on any atom is 0 e. The molecule has 0 rings (SSSR count). The van der Waals surface area contributed by atoms with Crippen LogP contribution in [0.5, 0.6) is 0 Å². The molecule has 6 N–H and O–H groups in total. The Morgan fingerprint density at radius 1 is 1.12 bits per heavy atom. The van der Waals surface area contributed by atoms with Gasteiger partial charge >= 0.3 is 0 Å². The van der Waals surface area contributed by atoms with Crippen molar-refractivity contribution in [1.29, 1.82) is 0 Å². The van der Waals surface area contributed by atoms with Crippen molar-refractivity contribution in [3.8, 4) is 0 Å². The molecule has 4 heteroatoms. The monoisotopic (exact) mass is 201 g/mol. The summed E-state index contributed by atoms with van der Waals surface area (Å²) >= 11 is 0. The molecule has 54 valence electrons. The van der Waals surface area contributed by atoms with Gasteiger partial charge in [-0.1, -0.05) is 13.3 Å². The van der Waals surface area contributed by atoms with Gasteiger partial charge < -0.3 is 23.4 Å². The molecule has 0 aromatic rings. The molecular weight excluding hydrogens is 187 g/mol. The second-order valence-corrected chi connectivity index (χ2v) is 0.854. The van der Waals surface area contributed by atoms with E-state index in [9.17, 15) is 0 Å². The minimum Gasteiger partial charge on any atom is -0.412 e. The van der Waals surface area contributed by atoms with E-state index >= 15 is 0 Å². The van der Waals surface area contributed by atoms with E-state index in [1.54, 1.807) is 0 Å². The molecule has 0 atom stereocenters. The summed E-state index contributed by atoms with van der Waals surface area (Å²) in [6, 6.07) is 0. The standard InChI is InChI=1S/C4H9.3H2O.Zr/c1-3-4-2;;;;/h1,3-4H2,2H3;3*1H2;/q-1;;;;. The van der Waals surface area contributed by atoms with Crippen LogP contribution in [0.3, 0.4) is 0 Å². The van der Waals surface area contributed by atoms with Gasteiger partial charge in [0.05, 0.1) is 0 Å². The van der Waals surface area contributed by atoms with Gasteiger partial charge in [-0.05, 0) is 0 Å². The number of hydrogen-bond donors (Lipinski definition) is 0. The van der Waals surface area contributed by atoms with Crippen LogP contribution in [-0.2, 0) is 26.2 Å². The Morgan fingerprint density at radius 2 is 1.25 bits per heavy atom. The van der Waals surface area contributed by atoms with E-state index in [4.69, 9.17) is 0 Å². The zero-order valence-electron chi connectivity index (χ0n) is 5.12. The van der Waals surface area contributed by atoms with Crippen molar-refractivity contribution in [2.75, 3.05) is 0 Å². The molecule has 0 aromatic carbocycles. The van der Waals surface area contributed by atoms with Crippen LogP contribution < -0.4 is 0 Å². The summed E-state index contributed by atoms with van der Waals surface area (Å²) in [5.74, 6) is 0. The minimum atomic E-state index is 0. The van der Waals surface area contributed by atoms with Gasteiger partial charge in [0.1, 0.15) is 0 Å². The van der Waals surface area contributed by atoms with Crippen LogP contribution in [-0.4, -0.2) is 16.4 Å². The summed E-state index contributed by atoms with van der Waals surface area (Å²) in [6.45, 7) is 5.72. The Morgan fingerprint density at radius 3 is 1.25 bits per heavy atom. The molecule has 0 aromatic heterocycles. The number of rotatable bonds is 1. The molecule has 0 spiro atoms. The first-order chi connectivity index (χ1) is 1.91. The zero-order chi connectivity index (χ0) is 3.41. The third-order valence-electron chi connectivity index (χ3n) is 0.354. The predicted molar refractivity (Wildman–Crippen MR) is 31.1 cm³/mol. The van der Waals surface area contributed by atoms with E-state index in [2.05, 4.69) is 13.8 Å². The fraction of sp³-hybridized carbons (Fsp3) is 0.750. The normalized spacial score (nSPS) is 3.75. The summed E-state index contributed by atoms with van der Waals surface area (Å²) in [5, 5.41) is 0. The van der Waals surface area contributed by atoms with Crippen LogP contribution in [0.1, 0.15) is 19.8 Å². The van der Waals surface area contributed by atoms with Crippen LogP contribution in [0.4, 0.5) is 0 Å². The molecule has 0 aliphatic rings. The van der Waals surface area contributed by atoms with Crippen molar-refractivity contribution >= 4 is 0 Å². The molecule has 0 bridgehead atoms. The van der Waals surface area contributed by atoms with E-state index in [0.717, 1.165) is 6.42 Å². The molecule has 0 saturated heterocycles. The van der Waals surface area contributed by atoms with Gasteiger partial charge in [-0.25, -0.2) is 0 Å². The number of hydrogen-bond acceptors (Lipinski definition) is 0. The molecular formula is C4H15O3Zr-. The van der Waals surface area contributed by atoms with Gasteiger partial charge in [-0.2, -0.15) is 6.42 Å². The van der Waals surface area contributed by atoms with E-state index in [1.165, 1.54) is 6.42 Å². The van der Waals surface area contributed by atoms with Gasteiger partial charge in [0.15, 0.2) is 0 Å². The Balaban J connectivity index is -0.00000000750. The zero-order valence-corrected chi connectivity index (χ0v) is 7.58. The molecule has 0 aliphatic carbocycles. The molecule has 0 unspecified atom stereocenters. The second kappa shape index (κ2) is 46.5. The van der Waals surface area contributed by atoms with Crippen LogP contribution in [0.15, 0.2) is 0 Å². The first kappa shape index (κ1) is 37.3. The molecule has 0 amide bonds. The average molecular weight is 202 g/mol. The second-order valence-electron chi connectivity index (χ2n) is 0.854. The Bertz CT molecular complexity index is 13.2. The average Bonchev–Trinajstić information content (AvgIpc) is 1.37. The number of unbranched alkanes of at least 4 members (excludes halogenated alkanes) is 1. The van der Waals surface area contributed by atoms with E-state index in [0.29, 0.717) is 0 Å². The summed E-state index contributed by atoms with van der Waals surface area (Å²) in [6.07, 6.45) is 2.28. The van der Waals surface area contributed by atoms with Crippen LogP contribution in [0, 0.1) is 6.92 Å². The van der Waals surface area contributed by atoms with Gasteiger partial charge in [0.2, 0.25) is 0 Å². The van der Waals surface area contributed by atoms with Crippen LogP contribution in [0.25, 0.3) is 0 Å². The van der Waals surface area contributed by atoms with Crippen molar-refractivity contribution in [3.63, 3.8) is 0 Å². The maximum absolute atomic E-state index is 3.60. The smallest absolute Gasteiger partial charge is 0 e. The molecule has 0 saturated carbocycles. The SMILES string of the molecule is O.O.O.[CH2-]CCC.[Zr]. The quantitative estimate of drug-likeness (QED) is 0.495. The molecule has 3 nitrogen and oxygen atoms in total. The maximum atomic E-state index is 3.60. The predicted octanol–water partition coefficient (Wildman–Crippen LogP) is -0.856.